The summed E-state index contributed by atoms with van der Waals surface area (Å²) in [5.41, 5.74) is -2.51. The first kappa shape index (κ1) is 18.8. The number of methoxy groups -OCH3 is 1. The van der Waals surface area contributed by atoms with Crippen LogP contribution in [-0.2, 0) is 6.18 Å². The fourth-order valence-electron chi connectivity index (χ4n) is 2.82. The van der Waals surface area contributed by atoms with Gasteiger partial charge in [0.15, 0.2) is 0 Å². The molecule has 0 saturated carbocycles. The average molecular weight is 387 g/mol. The third-order valence-electron chi connectivity index (χ3n) is 3.97. The van der Waals surface area contributed by atoms with E-state index in [0.29, 0.717) is 11.1 Å². The minimum Gasteiger partial charge on any atom is -0.496 e. The molecule has 0 aliphatic carbocycles. The number of ketones is 1. The molecule has 0 unspecified atom stereocenters. The molecule has 0 aliphatic heterocycles. The monoisotopic (exact) mass is 387 g/mol. The highest BCUT2D eigenvalue weighted by Crippen LogP contribution is 2.42. The van der Waals surface area contributed by atoms with Gasteiger partial charge in [0.1, 0.15) is 11.4 Å². The highest BCUT2D eigenvalue weighted by atomic mass is 19.4. The predicted molar refractivity (Wildman–Crippen MR) is 85.7 cm³/mol. The Bertz CT molecular complexity index is 1000. The molecular weight excluding hydrogens is 376 g/mol. The fourth-order valence-corrected chi connectivity index (χ4v) is 2.82. The standard InChI is InChI=1S/C18H11F6NO2/c1-27-13-8-11-12(7-10(13)9-5-3-2-4-6-9)25-15(17(19,20)21)14(11)16(26)18(22,23)24/h2-8,25H,1H3. The first-order valence-electron chi connectivity index (χ1n) is 7.52. The number of ether oxygens (including phenoxy) is 1. The normalized spacial score (nSPS) is 12.4. The molecule has 2 aromatic carbocycles. The SMILES string of the molecule is COc1cc2c(C(=O)C(F)(F)F)c(C(F)(F)F)[nH]c2cc1-c1ccccc1. The summed E-state index contributed by atoms with van der Waals surface area (Å²) in [4.78, 5) is 13.6. The highest BCUT2D eigenvalue weighted by Gasteiger charge is 2.47. The van der Waals surface area contributed by atoms with E-state index in [1.165, 1.54) is 13.2 Å². The Morgan fingerprint density at radius 3 is 2.15 bits per heavy atom. The zero-order valence-electron chi connectivity index (χ0n) is 13.6. The molecule has 0 fully saturated rings. The summed E-state index contributed by atoms with van der Waals surface area (Å²) in [5.74, 6) is -2.53. The zero-order valence-corrected chi connectivity index (χ0v) is 13.6. The molecule has 0 aliphatic rings. The Kier molecular flexibility index (Phi) is 4.41. The largest absolute Gasteiger partial charge is 0.496 e. The molecule has 0 atom stereocenters. The number of H-pyrrole nitrogens is 1. The van der Waals surface area contributed by atoms with Gasteiger partial charge in [-0.25, -0.2) is 0 Å². The minimum absolute atomic E-state index is 0.0395. The summed E-state index contributed by atoms with van der Waals surface area (Å²) >= 11 is 0. The number of carbonyl (C=O) groups is 1. The Hall–Kier alpha value is -2.97. The van der Waals surface area contributed by atoms with Crippen molar-refractivity contribution in [3.8, 4) is 16.9 Å². The fraction of sp³-hybridized carbons (Fsp3) is 0.167. The maximum absolute atomic E-state index is 13.3. The molecule has 3 aromatic rings. The van der Waals surface area contributed by atoms with Gasteiger partial charge < -0.3 is 9.72 Å². The molecule has 0 radical (unpaired) electrons. The third kappa shape index (κ3) is 3.36. The number of rotatable bonds is 3. The topological polar surface area (TPSA) is 42.1 Å². The Morgan fingerprint density at radius 1 is 1.00 bits per heavy atom. The third-order valence-corrected chi connectivity index (χ3v) is 3.97. The first-order valence-corrected chi connectivity index (χ1v) is 7.52. The van der Waals surface area contributed by atoms with Crippen molar-refractivity contribution < 1.29 is 35.9 Å². The van der Waals surface area contributed by atoms with Gasteiger partial charge in [-0.15, -0.1) is 0 Å². The van der Waals surface area contributed by atoms with Crippen LogP contribution in [-0.4, -0.2) is 24.1 Å². The highest BCUT2D eigenvalue weighted by molar-refractivity contribution is 6.13. The summed E-state index contributed by atoms with van der Waals surface area (Å²) in [5, 5.41) is -0.513. The van der Waals surface area contributed by atoms with Gasteiger partial charge in [-0.1, -0.05) is 30.3 Å². The van der Waals surface area contributed by atoms with Crippen LogP contribution in [0.15, 0.2) is 42.5 Å². The Morgan fingerprint density at radius 2 is 1.63 bits per heavy atom. The average Bonchev–Trinajstić information content (AvgIpc) is 2.98. The first-order chi connectivity index (χ1) is 12.5. The summed E-state index contributed by atoms with van der Waals surface area (Å²) in [7, 11) is 1.23. The van der Waals surface area contributed by atoms with E-state index in [9.17, 15) is 31.1 Å². The second-order valence-corrected chi connectivity index (χ2v) is 5.66. The van der Waals surface area contributed by atoms with E-state index in [1.807, 2.05) is 4.98 Å². The number of nitrogens with one attached hydrogen (secondary N) is 1. The molecule has 3 rings (SSSR count). The van der Waals surface area contributed by atoms with Crippen molar-refractivity contribution in [1.82, 2.24) is 4.98 Å². The Labute approximate surface area is 148 Å². The molecule has 0 bridgehead atoms. The van der Waals surface area contributed by atoms with E-state index in [2.05, 4.69) is 0 Å². The molecule has 27 heavy (non-hydrogen) atoms. The van der Waals surface area contributed by atoms with Crippen LogP contribution in [0.1, 0.15) is 16.1 Å². The van der Waals surface area contributed by atoms with Crippen molar-refractivity contribution in [1.29, 1.82) is 0 Å². The quantitative estimate of drug-likeness (QED) is 0.469. The summed E-state index contributed by atoms with van der Waals surface area (Å²) in [6.07, 6.45) is -10.6. The summed E-state index contributed by atoms with van der Waals surface area (Å²) in [6, 6.07) is 10.7. The van der Waals surface area contributed by atoms with Crippen molar-refractivity contribution in [3.63, 3.8) is 0 Å². The number of carbonyl (C=O) groups excluding carboxylic acids is 1. The molecule has 142 valence electrons. The van der Waals surface area contributed by atoms with E-state index in [-0.39, 0.29) is 11.3 Å². The van der Waals surface area contributed by atoms with E-state index < -0.39 is 34.8 Å². The van der Waals surface area contributed by atoms with Crippen LogP contribution in [0.4, 0.5) is 26.3 Å². The number of benzene rings is 2. The second-order valence-electron chi connectivity index (χ2n) is 5.66. The van der Waals surface area contributed by atoms with Crippen LogP contribution in [0.25, 0.3) is 22.0 Å². The molecule has 0 saturated heterocycles. The molecule has 1 heterocycles. The number of hydrogen-bond acceptors (Lipinski definition) is 2. The van der Waals surface area contributed by atoms with E-state index in [1.54, 1.807) is 30.3 Å². The molecular formula is C18H11F6NO2. The van der Waals surface area contributed by atoms with E-state index >= 15 is 0 Å². The van der Waals surface area contributed by atoms with Crippen molar-refractivity contribution in [2.24, 2.45) is 0 Å². The number of hydrogen-bond donors (Lipinski definition) is 1. The van der Waals surface area contributed by atoms with Gasteiger partial charge in [0.2, 0.25) is 0 Å². The lowest BCUT2D eigenvalue weighted by molar-refractivity contribution is -0.141. The van der Waals surface area contributed by atoms with Gasteiger partial charge in [0.25, 0.3) is 5.78 Å². The summed E-state index contributed by atoms with van der Waals surface area (Å²) < 4.78 is 83.5. The minimum atomic E-state index is -5.46. The molecule has 0 amide bonds. The number of Topliss-reactive ketones (excluding diaryl/α,β-unsaturated/α-hetero) is 1. The van der Waals surface area contributed by atoms with E-state index in [4.69, 9.17) is 4.74 Å². The van der Waals surface area contributed by atoms with E-state index in [0.717, 1.165) is 6.07 Å². The zero-order chi connectivity index (χ0) is 20.0. The number of aromatic nitrogens is 1. The maximum atomic E-state index is 13.3. The van der Waals surface area contributed by atoms with Crippen molar-refractivity contribution in [2.75, 3.05) is 7.11 Å². The van der Waals surface area contributed by atoms with Crippen molar-refractivity contribution >= 4 is 16.7 Å². The van der Waals surface area contributed by atoms with Crippen molar-refractivity contribution in [3.05, 3.63) is 53.7 Å². The van der Waals surface area contributed by atoms with Crippen molar-refractivity contribution in [2.45, 2.75) is 12.4 Å². The number of halogens is 6. The number of fused-ring (bicyclic) bond motifs is 1. The van der Waals surface area contributed by atoms with Crippen LogP contribution in [0.5, 0.6) is 5.75 Å². The second kappa shape index (κ2) is 6.33. The van der Waals surface area contributed by atoms with Gasteiger partial charge in [-0.05, 0) is 17.7 Å². The van der Waals surface area contributed by atoms with Gasteiger partial charge in [0, 0.05) is 16.5 Å². The van der Waals surface area contributed by atoms with Crippen LogP contribution < -0.4 is 4.74 Å². The van der Waals surface area contributed by atoms with Crippen LogP contribution in [0, 0.1) is 0 Å². The predicted octanol–water partition coefficient (Wildman–Crippen LogP) is 5.61. The number of alkyl halides is 6. The maximum Gasteiger partial charge on any atom is 0.454 e. The van der Waals surface area contributed by atoms with Gasteiger partial charge >= 0.3 is 12.4 Å². The molecule has 1 aromatic heterocycles. The molecule has 3 nitrogen and oxygen atoms in total. The van der Waals surface area contributed by atoms with Crippen LogP contribution in [0.2, 0.25) is 0 Å². The Balaban J connectivity index is 2.36. The van der Waals surface area contributed by atoms with Crippen LogP contribution >= 0.6 is 0 Å². The lowest BCUT2D eigenvalue weighted by Gasteiger charge is -2.11. The molecule has 1 N–H and O–H groups in total. The molecule has 0 spiro atoms. The molecule has 9 heteroatoms. The lowest BCUT2D eigenvalue weighted by atomic mass is 10.00. The van der Waals surface area contributed by atoms with Gasteiger partial charge in [-0.3, -0.25) is 4.79 Å². The smallest absolute Gasteiger partial charge is 0.454 e. The van der Waals surface area contributed by atoms with Gasteiger partial charge in [0.05, 0.1) is 12.7 Å². The summed E-state index contributed by atoms with van der Waals surface area (Å²) in [6.45, 7) is 0. The lowest BCUT2D eigenvalue weighted by Crippen LogP contribution is -2.25. The van der Waals surface area contributed by atoms with Gasteiger partial charge in [-0.2, -0.15) is 26.3 Å². The van der Waals surface area contributed by atoms with Crippen LogP contribution in [0.3, 0.4) is 0 Å². The number of aromatic amines is 1.